The molecule has 0 bridgehead atoms. The van der Waals surface area contributed by atoms with Gasteiger partial charge in [0.05, 0.1) is 0 Å². The second-order valence-electron chi connectivity index (χ2n) is 5.41. The lowest BCUT2D eigenvalue weighted by Crippen LogP contribution is -2.41. The van der Waals surface area contributed by atoms with Gasteiger partial charge in [-0.25, -0.2) is 0 Å². The lowest BCUT2D eigenvalue weighted by atomic mass is 9.84. The zero-order chi connectivity index (χ0) is 12.9. The van der Waals surface area contributed by atoms with E-state index < -0.39 is 0 Å². The van der Waals surface area contributed by atoms with E-state index in [2.05, 4.69) is 45.9 Å². The Bertz CT molecular complexity index is 357. The van der Waals surface area contributed by atoms with Crippen LogP contribution in [0.15, 0.2) is 18.2 Å². The maximum Gasteiger partial charge on any atom is 0.0192 e. The SMILES string of the molecule is CCCCC(N)(CC)Cc1ccc(C)c(C)c1. The predicted molar refractivity (Wildman–Crippen MR) is 76.4 cm³/mol. The van der Waals surface area contributed by atoms with E-state index in [1.165, 1.54) is 29.5 Å². The van der Waals surface area contributed by atoms with Crippen molar-refractivity contribution in [2.24, 2.45) is 5.73 Å². The Hall–Kier alpha value is -0.820. The summed E-state index contributed by atoms with van der Waals surface area (Å²) < 4.78 is 0. The normalized spacial score (nSPS) is 14.6. The molecule has 0 aromatic heterocycles. The van der Waals surface area contributed by atoms with E-state index in [-0.39, 0.29) is 5.54 Å². The first kappa shape index (κ1) is 14.2. The maximum absolute atomic E-state index is 6.50. The third-order valence-corrected chi connectivity index (χ3v) is 3.86. The Morgan fingerprint density at radius 1 is 1.12 bits per heavy atom. The van der Waals surface area contributed by atoms with E-state index in [1.807, 2.05) is 0 Å². The molecule has 0 saturated carbocycles. The van der Waals surface area contributed by atoms with E-state index in [0.717, 1.165) is 19.3 Å². The second-order valence-corrected chi connectivity index (χ2v) is 5.41. The lowest BCUT2D eigenvalue weighted by Gasteiger charge is -2.28. The van der Waals surface area contributed by atoms with Gasteiger partial charge in [0.2, 0.25) is 0 Å². The summed E-state index contributed by atoms with van der Waals surface area (Å²) in [5.41, 5.74) is 10.6. The van der Waals surface area contributed by atoms with Crippen molar-refractivity contribution in [1.82, 2.24) is 0 Å². The summed E-state index contributed by atoms with van der Waals surface area (Å²) in [5.74, 6) is 0. The molecule has 0 amide bonds. The van der Waals surface area contributed by atoms with E-state index in [1.54, 1.807) is 0 Å². The summed E-state index contributed by atoms with van der Waals surface area (Å²) in [6, 6.07) is 6.73. The lowest BCUT2D eigenvalue weighted by molar-refractivity contribution is 0.365. The van der Waals surface area contributed by atoms with Crippen LogP contribution in [0.25, 0.3) is 0 Å². The molecule has 0 aliphatic rings. The first-order valence-electron chi connectivity index (χ1n) is 6.86. The summed E-state index contributed by atoms with van der Waals surface area (Å²) in [6.07, 6.45) is 5.65. The molecule has 0 aliphatic carbocycles. The highest BCUT2D eigenvalue weighted by Gasteiger charge is 2.22. The molecule has 1 unspecified atom stereocenters. The third kappa shape index (κ3) is 4.16. The number of benzene rings is 1. The topological polar surface area (TPSA) is 26.0 Å². The second kappa shape index (κ2) is 6.20. The summed E-state index contributed by atoms with van der Waals surface area (Å²) in [6.45, 7) is 8.77. The number of hydrogen-bond acceptors (Lipinski definition) is 1. The highest BCUT2D eigenvalue weighted by Crippen LogP contribution is 2.22. The Morgan fingerprint density at radius 3 is 2.35 bits per heavy atom. The number of nitrogens with two attached hydrogens (primary N) is 1. The van der Waals surface area contributed by atoms with E-state index >= 15 is 0 Å². The van der Waals surface area contributed by atoms with E-state index in [0.29, 0.717) is 0 Å². The fourth-order valence-corrected chi connectivity index (χ4v) is 2.24. The Kier molecular flexibility index (Phi) is 5.20. The Balaban J connectivity index is 2.76. The monoisotopic (exact) mass is 233 g/mol. The molecule has 0 saturated heterocycles. The fourth-order valence-electron chi connectivity index (χ4n) is 2.24. The first-order chi connectivity index (χ1) is 8.00. The highest BCUT2D eigenvalue weighted by atomic mass is 14.7. The molecule has 1 rings (SSSR count). The molecule has 96 valence electrons. The van der Waals surface area contributed by atoms with Crippen molar-refractivity contribution in [3.8, 4) is 0 Å². The molecule has 0 radical (unpaired) electrons. The summed E-state index contributed by atoms with van der Waals surface area (Å²) in [7, 11) is 0. The number of rotatable bonds is 6. The fraction of sp³-hybridized carbons (Fsp3) is 0.625. The molecule has 17 heavy (non-hydrogen) atoms. The van der Waals surface area contributed by atoms with Crippen LogP contribution in [0.3, 0.4) is 0 Å². The number of aryl methyl sites for hydroxylation is 2. The predicted octanol–water partition coefficient (Wildman–Crippen LogP) is 4.14. The minimum Gasteiger partial charge on any atom is -0.325 e. The van der Waals surface area contributed by atoms with Gasteiger partial charge in [0.15, 0.2) is 0 Å². The van der Waals surface area contributed by atoms with Crippen LogP contribution in [0.1, 0.15) is 56.2 Å². The van der Waals surface area contributed by atoms with Gasteiger partial charge in [0, 0.05) is 5.54 Å². The number of unbranched alkanes of at least 4 members (excludes halogenated alkanes) is 1. The van der Waals surface area contributed by atoms with Crippen molar-refractivity contribution in [3.05, 3.63) is 34.9 Å². The first-order valence-corrected chi connectivity index (χ1v) is 6.86. The molecule has 1 heteroatoms. The molecule has 0 fully saturated rings. The molecule has 1 aromatic carbocycles. The molecule has 0 aliphatic heterocycles. The van der Waals surface area contributed by atoms with E-state index in [4.69, 9.17) is 5.73 Å². The highest BCUT2D eigenvalue weighted by molar-refractivity contribution is 5.30. The van der Waals surface area contributed by atoms with Crippen LogP contribution in [0.4, 0.5) is 0 Å². The average Bonchev–Trinajstić information content (AvgIpc) is 2.31. The standard InChI is InChI=1S/C16H27N/c1-5-7-10-16(17,6-2)12-15-9-8-13(3)14(4)11-15/h8-9,11H,5-7,10,12,17H2,1-4H3. The van der Waals surface area contributed by atoms with Gasteiger partial charge in [0.25, 0.3) is 0 Å². The van der Waals surface area contributed by atoms with Gasteiger partial charge in [-0.1, -0.05) is 44.9 Å². The summed E-state index contributed by atoms with van der Waals surface area (Å²) in [4.78, 5) is 0. The van der Waals surface area contributed by atoms with Crippen LogP contribution in [0, 0.1) is 13.8 Å². The van der Waals surface area contributed by atoms with Gasteiger partial charge in [-0.15, -0.1) is 0 Å². The maximum atomic E-state index is 6.50. The van der Waals surface area contributed by atoms with Crippen LogP contribution in [-0.2, 0) is 6.42 Å². The van der Waals surface area contributed by atoms with Crippen LogP contribution in [-0.4, -0.2) is 5.54 Å². The van der Waals surface area contributed by atoms with Crippen LogP contribution in [0.5, 0.6) is 0 Å². The Labute approximate surface area is 106 Å². The quantitative estimate of drug-likeness (QED) is 0.785. The van der Waals surface area contributed by atoms with Crippen LogP contribution in [0.2, 0.25) is 0 Å². The van der Waals surface area contributed by atoms with Crippen molar-refractivity contribution in [2.45, 2.75) is 65.3 Å². The largest absolute Gasteiger partial charge is 0.325 e. The van der Waals surface area contributed by atoms with Gasteiger partial charge >= 0.3 is 0 Å². The average molecular weight is 233 g/mol. The zero-order valence-electron chi connectivity index (χ0n) is 11.8. The molecule has 0 spiro atoms. The molecule has 2 N–H and O–H groups in total. The van der Waals surface area contributed by atoms with Gasteiger partial charge < -0.3 is 5.73 Å². The smallest absolute Gasteiger partial charge is 0.0192 e. The van der Waals surface area contributed by atoms with Crippen molar-refractivity contribution >= 4 is 0 Å². The molecule has 0 heterocycles. The molecular weight excluding hydrogens is 206 g/mol. The van der Waals surface area contributed by atoms with E-state index in [9.17, 15) is 0 Å². The molecule has 1 atom stereocenters. The van der Waals surface area contributed by atoms with Gasteiger partial charge in [-0.3, -0.25) is 0 Å². The minimum absolute atomic E-state index is 0.0162. The Morgan fingerprint density at radius 2 is 1.82 bits per heavy atom. The summed E-state index contributed by atoms with van der Waals surface area (Å²) in [5, 5.41) is 0. The van der Waals surface area contributed by atoms with Gasteiger partial charge in [-0.05, 0) is 49.8 Å². The zero-order valence-corrected chi connectivity index (χ0v) is 11.8. The van der Waals surface area contributed by atoms with Crippen LogP contribution >= 0.6 is 0 Å². The minimum atomic E-state index is -0.0162. The molecule has 1 aromatic rings. The van der Waals surface area contributed by atoms with Gasteiger partial charge in [0.1, 0.15) is 0 Å². The molecule has 1 nitrogen and oxygen atoms in total. The van der Waals surface area contributed by atoms with Crippen molar-refractivity contribution in [2.75, 3.05) is 0 Å². The van der Waals surface area contributed by atoms with Gasteiger partial charge in [-0.2, -0.15) is 0 Å². The van der Waals surface area contributed by atoms with Crippen molar-refractivity contribution in [3.63, 3.8) is 0 Å². The van der Waals surface area contributed by atoms with Crippen LogP contribution < -0.4 is 5.73 Å². The third-order valence-electron chi connectivity index (χ3n) is 3.86. The number of hydrogen-bond donors (Lipinski definition) is 1. The summed E-state index contributed by atoms with van der Waals surface area (Å²) >= 11 is 0. The van der Waals surface area contributed by atoms with Crippen molar-refractivity contribution in [1.29, 1.82) is 0 Å². The molecular formula is C16H27N. The van der Waals surface area contributed by atoms with Crippen molar-refractivity contribution < 1.29 is 0 Å².